The molecule has 3 rings (SSSR count). The van der Waals surface area contributed by atoms with E-state index in [0.717, 1.165) is 11.1 Å². The van der Waals surface area contributed by atoms with Crippen LogP contribution in [0.3, 0.4) is 0 Å². The highest BCUT2D eigenvalue weighted by Crippen LogP contribution is 2.33. The summed E-state index contributed by atoms with van der Waals surface area (Å²) in [5, 5.41) is 16.1. The summed E-state index contributed by atoms with van der Waals surface area (Å²) < 4.78 is 5.14. The number of ether oxygens (including phenoxy) is 1. The molecule has 0 spiro atoms. The number of carbonyl (C=O) groups is 2. The molecule has 3 N–H and O–H groups in total. The highest BCUT2D eigenvalue weighted by molar-refractivity contribution is 5.85. The Morgan fingerprint density at radius 1 is 0.938 bits per heavy atom. The molecule has 168 valence electrons. The molecule has 0 aliphatic rings. The number of carbonyl (C=O) groups excluding carboxylic acids is 2. The predicted molar refractivity (Wildman–Crippen MR) is 121 cm³/mol. The van der Waals surface area contributed by atoms with E-state index in [1.807, 2.05) is 74.5 Å². The van der Waals surface area contributed by atoms with E-state index in [0.29, 0.717) is 11.1 Å². The Hall–Kier alpha value is -3.45. The second kappa shape index (κ2) is 10.2. The van der Waals surface area contributed by atoms with Crippen molar-refractivity contribution in [1.82, 2.24) is 10.6 Å². The van der Waals surface area contributed by atoms with Crippen LogP contribution >= 0.6 is 0 Å². The fraction of sp³-hybridized carbons (Fsp3) is 0.320. The van der Waals surface area contributed by atoms with Crippen molar-refractivity contribution in [1.29, 1.82) is 0 Å². The first kappa shape index (κ1) is 23.2. The Morgan fingerprint density at radius 2 is 1.53 bits per heavy atom. The van der Waals surface area contributed by atoms with Crippen molar-refractivity contribution in [2.45, 2.75) is 45.6 Å². The molecule has 3 aromatic rings. The van der Waals surface area contributed by atoms with E-state index in [4.69, 9.17) is 4.74 Å². The second-order valence-corrected chi connectivity index (χ2v) is 8.13. The Labute approximate surface area is 187 Å². The van der Waals surface area contributed by atoms with Crippen molar-refractivity contribution < 1.29 is 19.4 Å². The molecular weight excluding hydrogens is 408 g/mol. The van der Waals surface area contributed by atoms with E-state index < -0.39 is 30.2 Å². The maximum absolute atomic E-state index is 12.7. The highest BCUT2D eigenvalue weighted by Gasteiger charge is 2.37. The molecule has 0 heterocycles. The van der Waals surface area contributed by atoms with Gasteiger partial charge in [0.2, 0.25) is 5.91 Å². The van der Waals surface area contributed by atoms with E-state index in [9.17, 15) is 19.5 Å². The van der Waals surface area contributed by atoms with Crippen LogP contribution in [0.4, 0.5) is 4.79 Å². The van der Waals surface area contributed by atoms with E-state index in [-0.39, 0.29) is 18.0 Å². The van der Waals surface area contributed by atoms with Gasteiger partial charge in [-0.1, -0.05) is 74.5 Å². The van der Waals surface area contributed by atoms with Gasteiger partial charge in [0.05, 0.1) is 6.04 Å². The fourth-order valence-corrected chi connectivity index (χ4v) is 3.44. The van der Waals surface area contributed by atoms with Gasteiger partial charge in [0, 0.05) is 11.1 Å². The summed E-state index contributed by atoms with van der Waals surface area (Å²) in [4.78, 5) is 37.0. The zero-order chi connectivity index (χ0) is 23.3. The summed E-state index contributed by atoms with van der Waals surface area (Å²) in [5.74, 6) is -0.626. The Kier molecular flexibility index (Phi) is 7.43. The minimum atomic E-state index is -1.14. The third-order valence-electron chi connectivity index (χ3n) is 5.34. The largest absolute Gasteiger partial charge is 0.445 e. The quantitative estimate of drug-likeness (QED) is 0.478. The van der Waals surface area contributed by atoms with Crippen LogP contribution in [0.1, 0.15) is 38.0 Å². The van der Waals surface area contributed by atoms with E-state index in [1.54, 1.807) is 0 Å². The maximum atomic E-state index is 12.7. The average molecular weight is 437 g/mol. The van der Waals surface area contributed by atoms with Crippen LogP contribution in [0.5, 0.6) is 0 Å². The van der Waals surface area contributed by atoms with Crippen molar-refractivity contribution in [3.63, 3.8) is 0 Å². The molecule has 0 aromatic heterocycles. The molecule has 2 amide bonds. The number of amides is 2. The molecule has 1 unspecified atom stereocenters. The van der Waals surface area contributed by atoms with Gasteiger partial charge in [-0.2, -0.15) is 0 Å². The predicted octanol–water partition coefficient (Wildman–Crippen LogP) is 3.08. The molecule has 3 aromatic carbocycles. The average Bonchev–Trinajstić information content (AvgIpc) is 3.47. The Morgan fingerprint density at radius 3 is 2.12 bits per heavy atom. The smallest absolute Gasteiger partial charge is 0.408 e. The molecule has 0 aliphatic carbocycles. The van der Waals surface area contributed by atoms with Gasteiger partial charge in [-0.05, 0) is 24.0 Å². The zero-order valence-electron chi connectivity index (χ0n) is 18.4. The summed E-state index contributed by atoms with van der Waals surface area (Å²) in [6, 6.07) is 16.7. The normalized spacial score (nSPS) is 14.0. The van der Waals surface area contributed by atoms with Gasteiger partial charge < -0.3 is 20.5 Å². The number of benzene rings is 2. The highest BCUT2D eigenvalue weighted by atomic mass is 16.5. The fourth-order valence-electron chi connectivity index (χ4n) is 3.44. The van der Waals surface area contributed by atoms with Gasteiger partial charge in [0.25, 0.3) is 0 Å². The summed E-state index contributed by atoms with van der Waals surface area (Å²) in [7, 11) is 0. The van der Waals surface area contributed by atoms with Crippen LogP contribution in [-0.2, 0) is 16.1 Å². The number of aliphatic hydroxyl groups is 1. The lowest BCUT2D eigenvalue weighted by Gasteiger charge is -2.27. The van der Waals surface area contributed by atoms with Gasteiger partial charge in [0.1, 0.15) is 18.8 Å². The third-order valence-corrected chi connectivity index (χ3v) is 5.34. The number of aliphatic hydroxyl groups excluding tert-OH is 1. The van der Waals surface area contributed by atoms with Crippen molar-refractivity contribution >= 4 is 12.0 Å². The van der Waals surface area contributed by atoms with Crippen LogP contribution in [0.15, 0.2) is 65.5 Å². The summed E-state index contributed by atoms with van der Waals surface area (Å²) in [6.07, 6.45) is -1.86. The molecule has 0 fully saturated rings. The second-order valence-electron chi connectivity index (χ2n) is 8.13. The molecule has 3 atom stereocenters. The Balaban J connectivity index is 1.57. The summed E-state index contributed by atoms with van der Waals surface area (Å²) in [6.45, 7) is 5.30. The third kappa shape index (κ3) is 5.62. The molecule has 0 radical (unpaired) electrons. The van der Waals surface area contributed by atoms with Crippen LogP contribution in [0.25, 0.3) is 11.1 Å². The van der Waals surface area contributed by atoms with Gasteiger partial charge in [-0.25, -0.2) is 4.79 Å². The monoisotopic (exact) mass is 436 g/mol. The topological polar surface area (TPSA) is 105 Å². The standard InChI is InChI=1S/C25H28N2O5/c1-15(2)21(23(29)20-19(22(20)28)18-12-8-5-9-13-18)27-24(30)16(3)26-25(31)32-14-17-10-6-4-7-11-17/h4-13,15-16,21,23,29H,14H2,1-3H3,(H,26,31)(H,27,30)/t16?,21-,23-/m0/s1. The SMILES string of the molecule is CC(NC(=O)OCc1ccccc1)C(=O)N[C@@H](C(C)C)[C@@H](O)c1c(-c2ccccc2)c1=O. The number of nitrogens with one attached hydrogen (secondary N) is 2. The van der Waals surface area contributed by atoms with Gasteiger partial charge >= 0.3 is 6.09 Å². The van der Waals surface area contributed by atoms with Crippen molar-refractivity contribution in [3.05, 3.63) is 82.0 Å². The first-order valence-electron chi connectivity index (χ1n) is 10.6. The lowest BCUT2D eigenvalue weighted by molar-refractivity contribution is -0.124. The van der Waals surface area contributed by atoms with E-state index in [2.05, 4.69) is 10.6 Å². The molecule has 0 saturated heterocycles. The van der Waals surface area contributed by atoms with Crippen LogP contribution in [0, 0.1) is 5.92 Å². The minimum absolute atomic E-state index is 0.0902. The first-order valence-corrected chi connectivity index (χ1v) is 10.6. The number of rotatable bonds is 9. The Bertz CT molecular complexity index is 1050. The number of hydrogen-bond donors (Lipinski definition) is 3. The van der Waals surface area contributed by atoms with Crippen molar-refractivity contribution in [2.75, 3.05) is 0 Å². The first-order chi connectivity index (χ1) is 15.3. The molecule has 32 heavy (non-hydrogen) atoms. The molecule has 7 nitrogen and oxygen atoms in total. The minimum Gasteiger partial charge on any atom is -0.445 e. The molecular formula is C25H28N2O5. The van der Waals surface area contributed by atoms with Crippen molar-refractivity contribution in [3.8, 4) is 11.1 Å². The lowest BCUT2D eigenvalue weighted by Crippen LogP contribution is -2.51. The maximum Gasteiger partial charge on any atom is 0.408 e. The van der Waals surface area contributed by atoms with Gasteiger partial charge in [0.15, 0.2) is 5.43 Å². The van der Waals surface area contributed by atoms with E-state index >= 15 is 0 Å². The molecule has 7 heteroatoms. The molecule has 0 aliphatic heterocycles. The van der Waals surface area contributed by atoms with Crippen molar-refractivity contribution in [2.24, 2.45) is 5.92 Å². The lowest BCUT2D eigenvalue weighted by atomic mass is 9.95. The van der Waals surface area contributed by atoms with Crippen LogP contribution in [-0.4, -0.2) is 29.2 Å². The summed E-state index contributed by atoms with van der Waals surface area (Å²) in [5.41, 5.74) is 2.20. The number of hydrogen-bond acceptors (Lipinski definition) is 5. The zero-order valence-corrected chi connectivity index (χ0v) is 18.4. The van der Waals surface area contributed by atoms with Gasteiger partial charge in [-0.15, -0.1) is 0 Å². The molecule has 0 bridgehead atoms. The van der Waals surface area contributed by atoms with E-state index in [1.165, 1.54) is 6.92 Å². The molecule has 0 saturated carbocycles. The van der Waals surface area contributed by atoms with Crippen LogP contribution < -0.4 is 16.1 Å². The van der Waals surface area contributed by atoms with Crippen LogP contribution in [0.2, 0.25) is 0 Å². The number of alkyl carbamates (subject to hydrolysis) is 1. The van der Waals surface area contributed by atoms with Gasteiger partial charge in [-0.3, -0.25) is 9.59 Å². The summed E-state index contributed by atoms with van der Waals surface area (Å²) >= 11 is 0.